The van der Waals surface area contributed by atoms with E-state index in [1.54, 1.807) is 25.3 Å². The number of hydrogen-bond donors (Lipinski definition) is 3. The normalized spacial score (nSPS) is 13.5. The molecule has 26 heavy (non-hydrogen) atoms. The molecule has 0 fully saturated rings. The Kier molecular flexibility index (Phi) is 8.94. The van der Waals surface area contributed by atoms with E-state index in [-0.39, 0.29) is 24.0 Å². The van der Waals surface area contributed by atoms with Gasteiger partial charge in [0, 0.05) is 26.3 Å². The maximum Gasteiger partial charge on any atom is 0.191 e. The second-order valence-corrected chi connectivity index (χ2v) is 6.36. The van der Waals surface area contributed by atoms with Gasteiger partial charge in [-0.15, -0.1) is 24.0 Å². The summed E-state index contributed by atoms with van der Waals surface area (Å²) in [6.07, 6.45) is 1.56. The fourth-order valence-corrected chi connectivity index (χ4v) is 2.34. The molecule has 0 radical (unpaired) electrons. The first-order chi connectivity index (χ1) is 11.9. The molecule has 0 aliphatic heterocycles. The number of halogens is 1. The van der Waals surface area contributed by atoms with Gasteiger partial charge in [0.15, 0.2) is 5.96 Å². The molecule has 144 valence electrons. The number of rotatable bonds is 7. The Bertz CT molecular complexity index is 667. The minimum Gasteiger partial charge on any atom is -0.466 e. The van der Waals surface area contributed by atoms with Crippen molar-refractivity contribution in [3.05, 3.63) is 54.0 Å². The largest absolute Gasteiger partial charge is 0.466 e. The first kappa shape index (κ1) is 22.3. The van der Waals surface area contributed by atoms with Gasteiger partial charge in [-0.05, 0) is 43.7 Å². The van der Waals surface area contributed by atoms with E-state index in [1.807, 2.05) is 21.0 Å². The predicted molar refractivity (Wildman–Crippen MR) is 117 cm³/mol. The smallest absolute Gasteiger partial charge is 0.191 e. The first-order valence-corrected chi connectivity index (χ1v) is 8.47. The summed E-state index contributed by atoms with van der Waals surface area (Å²) >= 11 is 0. The zero-order valence-electron chi connectivity index (χ0n) is 15.8. The van der Waals surface area contributed by atoms with Crippen molar-refractivity contribution < 1.29 is 9.52 Å². The highest BCUT2D eigenvalue weighted by Crippen LogP contribution is 2.19. The predicted octanol–water partition coefficient (Wildman–Crippen LogP) is 2.93. The van der Waals surface area contributed by atoms with Crippen LogP contribution in [0.25, 0.3) is 0 Å². The lowest BCUT2D eigenvalue weighted by molar-refractivity contribution is 0.0386. The number of nitrogens with one attached hydrogen (secondary N) is 2. The van der Waals surface area contributed by atoms with Crippen LogP contribution in [0, 0.1) is 0 Å². The molecule has 0 saturated heterocycles. The zero-order chi connectivity index (χ0) is 18.3. The van der Waals surface area contributed by atoms with Crippen molar-refractivity contribution >= 4 is 35.6 Å². The summed E-state index contributed by atoms with van der Waals surface area (Å²) in [5.74, 6) is 1.18. The highest BCUT2D eigenvalue weighted by atomic mass is 127. The number of guanidine groups is 1. The summed E-state index contributed by atoms with van der Waals surface area (Å²) in [6, 6.07) is 11.8. The SMILES string of the molecule is CCNC(=NCc1ccc(N(C)C)cc1)NCC(C)(O)c1ccco1.I. The number of nitrogens with zero attached hydrogens (tertiary/aromatic N) is 2. The molecule has 0 aliphatic rings. The van der Waals surface area contributed by atoms with Gasteiger partial charge in [-0.3, -0.25) is 0 Å². The van der Waals surface area contributed by atoms with Crippen molar-refractivity contribution in [3.8, 4) is 0 Å². The third kappa shape index (κ3) is 6.53. The average molecular weight is 472 g/mol. The van der Waals surface area contributed by atoms with Crippen molar-refractivity contribution in [3.63, 3.8) is 0 Å². The molecule has 0 aliphatic carbocycles. The van der Waals surface area contributed by atoms with Gasteiger partial charge >= 0.3 is 0 Å². The van der Waals surface area contributed by atoms with E-state index in [9.17, 15) is 5.11 Å². The lowest BCUT2D eigenvalue weighted by atomic mass is 10.0. The molecule has 0 amide bonds. The van der Waals surface area contributed by atoms with Gasteiger partial charge in [0.25, 0.3) is 0 Å². The van der Waals surface area contributed by atoms with Gasteiger partial charge in [0.2, 0.25) is 0 Å². The van der Waals surface area contributed by atoms with Crippen LogP contribution in [0.3, 0.4) is 0 Å². The number of aliphatic hydroxyl groups is 1. The summed E-state index contributed by atoms with van der Waals surface area (Å²) in [4.78, 5) is 6.65. The summed E-state index contributed by atoms with van der Waals surface area (Å²) in [6.45, 7) is 5.32. The minimum absolute atomic E-state index is 0. The molecule has 1 heterocycles. The molecule has 2 rings (SSSR count). The maximum atomic E-state index is 10.5. The van der Waals surface area contributed by atoms with Gasteiger partial charge in [0.05, 0.1) is 19.4 Å². The van der Waals surface area contributed by atoms with Gasteiger partial charge in [0.1, 0.15) is 11.4 Å². The van der Waals surface area contributed by atoms with E-state index < -0.39 is 5.60 Å². The van der Waals surface area contributed by atoms with Crippen LogP contribution < -0.4 is 15.5 Å². The van der Waals surface area contributed by atoms with Crippen LogP contribution in [0.5, 0.6) is 0 Å². The molecular formula is C19H29IN4O2. The molecule has 6 nitrogen and oxygen atoms in total. The molecule has 2 aromatic rings. The van der Waals surface area contributed by atoms with Gasteiger partial charge in [-0.2, -0.15) is 0 Å². The Hall–Kier alpha value is -1.74. The van der Waals surface area contributed by atoms with Crippen LogP contribution >= 0.6 is 24.0 Å². The highest BCUT2D eigenvalue weighted by Gasteiger charge is 2.26. The first-order valence-electron chi connectivity index (χ1n) is 8.47. The van der Waals surface area contributed by atoms with Crippen LogP contribution in [0.4, 0.5) is 5.69 Å². The number of aliphatic imine (C=N–C) groups is 1. The van der Waals surface area contributed by atoms with Crippen LogP contribution in [-0.4, -0.2) is 38.3 Å². The van der Waals surface area contributed by atoms with Gasteiger partial charge in [-0.1, -0.05) is 12.1 Å². The molecule has 1 aromatic carbocycles. The molecule has 1 atom stereocenters. The van der Waals surface area contributed by atoms with E-state index in [2.05, 4.69) is 44.8 Å². The molecule has 3 N–H and O–H groups in total. The van der Waals surface area contributed by atoms with Crippen molar-refractivity contribution in [1.82, 2.24) is 10.6 Å². The fourth-order valence-electron chi connectivity index (χ4n) is 2.34. The second-order valence-electron chi connectivity index (χ2n) is 6.36. The monoisotopic (exact) mass is 472 g/mol. The topological polar surface area (TPSA) is 73.0 Å². The number of anilines is 1. The second kappa shape index (κ2) is 10.4. The maximum absolute atomic E-state index is 10.5. The van der Waals surface area contributed by atoms with Gasteiger partial charge < -0.3 is 25.1 Å². The Morgan fingerprint density at radius 2 is 1.88 bits per heavy atom. The zero-order valence-corrected chi connectivity index (χ0v) is 18.2. The molecule has 1 unspecified atom stereocenters. The van der Waals surface area contributed by atoms with E-state index >= 15 is 0 Å². The molecule has 1 aromatic heterocycles. The summed E-state index contributed by atoms with van der Waals surface area (Å²) in [5, 5.41) is 16.9. The number of hydrogen-bond acceptors (Lipinski definition) is 4. The third-order valence-corrected chi connectivity index (χ3v) is 3.87. The molecule has 0 bridgehead atoms. The quantitative estimate of drug-likeness (QED) is 0.329. The van der Waals surface area contributed by atoms with E-state index in [0.29, 0.717) is 24.8 Å². The van der Waals surface area contributed by atoms with E-state index in [1.165, 1.54) is 0 Å². The van der Waals surface area contributed by atoms with E-state index in [0.717, 1.165) is 17.8 Å². The van der Waals surface area contributed by atoms with Crippen LogP contribution in [0.1, 0.15) is 25.2 Å². The lowest BCUT2D eigenvalue weighted by Crippen LogP contribution is -2.44. The Balaban J connectivity index is 0.00000338. The Morgan fingerprint density at radius 1 is 1.19 bits per heavy atom. The molecule has 0 saturated carbocycles. The fraction of sp³-hybridized carbons (Fsp3) is 0.421. The summed E-state index contributed by atoms with van der Waals surface area (Å²) in [5.41, 5.74) is 1.18. The lowest BCUT2D eigenvalue weighted by Gasteiger charge is -2.22. The number of benzene rings is 1. The van der Waals surface area contributed by atoms with Gasteiger partial charge in [-0.25, -0.2) is 4.99 Å². The Morgan fingerprint density at radius 3 is 2.42 bits per heavy atom. The molecule has 7 heteroatoms. The highest BCUT2D eigenvalue weighted by molar-refractivity contribution is 14.0. The third-order valence-electron chi connectivity index (χ3n) is 3.87. The molecular weight excluding hydrogens is 443 g/mol. The Labute approximate surface area is 172 Å². The summed E-state index contributed by atoms with van der Waals surface area (Å²) < 4.78 is 5.30. The van der Waals surface area contributed by atoms with E-state index in [4.69, 9.17) is 4.42 Å². The minimum atomic E-state index is -1.10. The van der Waals surface area contributed by atoms with Crippen molar-refractivity contribution in [1.29, 1.82) is 0 Å². The summed E-state index contributed by atoms with van der Waals surface area (Å²) in [7, 11) is 4.04. The number of furan rings is 1. The van der Waals surface area contributed by atoms with Crippen molar-refractivity contribution in [2.45, 2.75) is 26.0 Å². The van der Waals surface area contributed by atoms with Crippen LogP contribution in [0.15, 0.2) is 52.1 Å². The van der Waals surface area contributed by atoms with Crippen molar-refractivity contribution in [2.75, 3.05) is 32.1 Å². The molecule has 0 spiro atoms. The standard InChI is InChI=1S/C19H28N4O2.HI/c1-5-20-18(22-14-19(2,24)17-7-6-12-25-17)21-13-15-8-10-16(11-9-15)23(3)4;/h6-12,24H,5,13-14H2,1-4H3,(H2,20,21,22);1H. The van der Waals surface area contributed by atoms with Crippen molar-refractivity contribution in [2.24, 2.45) is 4.99 Å². The van der Waals surface area contributed by atoms with Crippen LogP contribution in [0.2, 0.25) is 0 Å². The average Bonchev–Trinajstić information content (AvgIpc) is 3.13. The van der Waals surface area contributed by atoms with Crippen LogP contribution in [-0.2, 0) is 12.1 Å².